The maximum atomic E-state index is 14.6. The van der Waals surface area contributed by atoms with Crippen molar-refractivity contribution >= 4 is 39.1 Å². The number of nitrogens with zero attached hydrogens (tertiary/aromatic N) is 2. The molecule has 7 nitrogen and oxygen atoms in total. The van der Waals surface area contributed by atoms with E-state index in [0.29, 0.717) is 22.8 Å². The Labute approximate surface area is 271 Å². The van der Waals surface area contributed by atoms with Crippen LogP contribution in [-0.2, 0) is 32.6 Å². The molecule has 0 fully saturated rings. The topological polar surface area (TPSA) is 86.8 Å². The zero-order valence-corrected chi connectivity index (χ0v) is 27.7. The quantitative estimate of drug-likeness (QED) is 0.178. The van der Waals surface area contributed by atoms with E-state index in [1.165, 1.54) is 17.0 Å². The second-order valence-corrected chi connectivity index (χ2v) is 13.9. The van der Waals surface area contributed by atoms with Crippen LogP contribution in [0.4, 0.5) is 5.69 Å². The van der Waals surface area contributed by atoms with Crippen LogP contribution in [0.25, 0.3) is 0 Å². The first-order valence-electron chi connectivity index (χ1n) is 15.0. The van der Waals surface area contributed by atoms with Crippen molar-refractivity contribution in [1.29, 1.82) is 0 Å². The first-order valence-corrected chi connectivity index (χ1v) is 16.8. The molecule has 0 bridgehead atoms. The Hall–Kier alpha value is -4.14. The molecule has 4 aromatic carbocycles. The highest BCUT2D eigenvalue weighted by molar-refractivity contribution is 7.92. The molecule has 1 unspecified atom stereocenters. The number of hydrogen-bond donors (Lipinski definition) is 1. The maximum Gasteiger partial charge on any atom is 0.264 e. The van der Waals surface area contributed by atoms with Crippen LogP contribution in [0.2, 0.25) is 5.02 Å². The Morgan fingerprint density at radius 2 is 1.44 bits per heavy atom. The minimum Gasteiger partial charge on any atom is -0.354 e. The number of hydrogen-bond acceptors (Lipinski definition) is 4. The summed E-state index contributed by atoms with van der Waals surface area (Å²) >= 11 is 6.16. The van der Waals surface area contributed by atoms with Crippen LogP contribution in [0.5, 0.6) is 0 Å². The third-order valence-corrected chi connectivity index (χ3v) is 9.49. The van der Waals surface area contributed by atoms with Crippen LogP contribution < -0.4 is 9.62 Å². The predicted molar refractivity (Wildman–Crippen MR) is 181 cm³/mol. The molecule has 1 atom stereocenters. The van der Waals surface area contributed by atoms with Crippen LogP contribution in [0.15, 0.2) is 108 Å². The molecular weight excluding hydrogens is 606 g/mol. The van der Waals surface area contributed by atoms with Crippen molar-refractivity contribution in [2.75, 3.05) is 17.4 Å². The van der Waals surface area contributed by atoms with Crippen LogP contribution in [0.3, 0.4) is 0 Å². The fraction of sp³-hybridized carbons (Fsp3) is 0.278. The Morgan fingerprint density at radius 1 is 0.822 bits per heavy atom. The molecule has 4 rings (SSSR count). The average Bonchev–Trinajstić information content (AvgIpc) is 3.03. The Bertz CT molecular complexity index is 1700. The molecule has 0 aromatic heterocycles. The van der Waals surface area contributed by atoms with Gasteiger partial charge in [0, 0.05) is 24.5 Å². The number of sulfonamides is 1. The first kappa shape index (κ1) is 33.7. The lowest BCUT2D eigenvalue weighted by Crippen LogP contribution is -2.53. The number of benzene rings is 4. The number of rotatable bonds is 13. The van der Waals surface area contributed by atoms with E-state index in [-0.39, 0.29) is 29.7 Å². The summed E-state index contributed by atoms with van der Waals surface area (Å²) in [6.45, 7) is 7.70. The van der Waals surface area contributed by atoms with Gasteiger partial charge in [-0.3, -0.25) is 13.9 Å². The molecule has 0 aliphatic heterocycles. The zero-order valence-electron chi connectivity index (χ0n) is 26.1. The molecule has 0 radical (unpaired) electrons. The van der Waals surface area contributed by atoms with Gasteiger partial charge in [-0.2, -0.15) is 0 Å². The Kier molecular flexibility index (Phi) is 11.4. The fourth-order valence-electron chi connectivity index (χ4n) is 4.98. The third kappa shape index (κ3) is 8.96. The fourth-order valence-corrected chi connectivity index (χ4v) is 6.60. The second-order valence-electron chi connectivity index (χ2n) is 11.6. The van der Waals surface area contributed by atoms with Gasteiger partial charge in [-0.25, -0.2) is 8.42 Å². The summed E-state index contributed by atoms with van der Waals surface area (Å²) in [6.07, 6.45) is 0.249. The van der Waals surface area contributed by atoms with Gasteiger partial charge in [0.2, 0.25) is 11.8 Å². The molecule has 0 spiro atoms. The summed E-state index contributed by atoms with van der Waals surface area (Å²) < 4.78 is 29.5. The number of nitrogens with one attached hydrogen (secondary N) is 1. The van der Waals surface area contributed by atoms with Crippen molar-refractivity contribution < 1.29 is 18.0 Å². The smallest absolute Gasteiger partial charge is 0.264 e. The van der Waals surface area contributed by atoms with Crippen LogP contribution >= 0.6 is 11.6 Å². The highest BCUT2D eigenvalue weighted by Gasteiger charge is 2.35. The summed E-state index contributed by atoms with van der Waals surface area (Å²) in [6, 6.07) is 29.2. The van der Waals surface area contributed by atoms with Gasteiger partial charge in [0.15, 0.2) is 0 Å². The maximum absolute atomic E-state index is 14.6. The molecule has 0 aliphatic rings. The summed E-state index contributed by atoms with van der Waals surface area (Å²) in [7, 11) is -4.16. The van der Waals surface area contributed by atoms with Gasteiger partial charge in [-0.05, 0) is 72.4 Å². The van der Waals surface area contributed by atoms with Gasteiger partial charge in [0.05, 0.1) is 10.6 Å². The molecule has 0 saturated heterocycles. The minimum atomic E-state index is -4.16. The molecule has 2 amide bonds. The summed E-state index contributed by atoms with van der Waals surface area (Å²) in [5, 5.41) is 3.55. The molecule has 0 saturated carbocycles. The van der Waals surface area contributed by atoms with E-state index < -0.39 is 28.5 Å². The van der Waals surface area contributed by atoms with E-state index in [1.807, 2.05) is 70.2 Å². The van der Waals surface area contributed by atoms with Crippen molar-refractivity contribution in [3.05, 3.63) is 130 Å². The van der Waals surface area contributed by atoms with E-state index in [9.17, 15) is 18.0 Å². The van der Waals surface area contributed by atoms with Crippen molar-refractivity contribution in [3.8, 4) is 0 Å². The molecule has 0 aliphatic carbocycles. The van der Waals surface area contributed by atoms with E-state index >= 15 is 0 Å². The number of carbonyl (C=O) groups is 2. The molecule has 1 N–H and O–H groups in total. The second kappa shape index (κ2) is 15.2. The summed E-state index contributed by atoms with van der Waals surface area (Å²) in [5.74, 6) is -0.618. The first-order chi connectivity index (χ1) is 21.5. The predicted octanol–water partition coefficient (Wildman–Crippen LogP) is 6.56. The Morgan fingerprint density at radius 3 is 2.07 bits per heavy atom. The van der Waals surface area contributed by atoms with E-state index in [1.54, 1.807) is 48.5 Å². The summed E-state index contributed by atoms with van der Waals surface area (Å²) in [4.78, 5) is 30.0. The summed E-state index contributed by atoms with van der Waals surface area (Å²) in [5.41, 5.74) is 3.59. The number of anilines is 1. The third-order valence-electron chi connectivity index (χ3n) is 7.47. The molecule has 9 heteroatoms. The number of halogens is 1. The number of amides is 2. The molecule has 236 valence electrons. The molecule has 45 heavy (non-hydrogen) atoms. The number of carbonyl (C=O) groups excluding carboxylic acids is 2. The van der Waals surface area contributed by atoms with Gasteiger partial charge < -0.3 is 10.2 Å². The van der Waals surface area contributed by atoms with Crippen LogP contribution in [0.1, 0.15) is 36.1 Å². The minimum absolute atomic E-state index is 0.0680. The largest absolute Gasteiger partial charge is 0.354 e. The highest BCUT2D eigenvalue weighted by atomic mass is 35.5. The van der Waals surface area contributed by atoms with E-state index in [2.05, 4.69) is 5.32 Å². The van der Waals surface area contributed by atoms with Crippen molar-refractivity contribution in [2.24, 2.45) is 5.92 Å². The lowest BCUT2D eigenvalue weighted by molar-refractivity contribution is -0.140. The lowest BCUT2D eigenvalue weighted by atomic mass is 10.0. The van der Waals surface area contributed by atoms with Crippen molar-refractivity contribution in [1.82, 2.24) is 10.2 Å². The van der Waals surface area contributed by atoms with Crippen molar-refractivity contribution in [2.45, 2.75) is 51.6 Å². The van der Waals surface area contributed by atoms with Gasteiger partial charge in [-0.15, -0.1) is 0 Å². The molecule has 4 aromatic rings. The molecule has 0 heterocycles. The van der Waals surface area contributed by atoms with E-state index in [0.717, 1.165) is 21.0 Å². The highest BCUT2D eigenvalue weighted by Crippen LogP contribution is 2.29. The standard InChI is InChI=1S/C36H40ClN3O4S/c1-26(2)23-38-36(42)34(22-29-11-7-5-8-12-29)39(24-30-17-19-31(37)20-18-30)35(41)25-40(33-21-27(3)15-16-28(33)4)45(43,44)32-13-9-6-10-14-32/h5-21,26,34H,22-25H2,1-4H3,(H,38,42). The van der Waals surface area contributed by atoms with Gasteiger partial charge in [0.25, 0.3) is 10.0 Å². The van der Waals surface area contributed by atoms with E-state index in [4.69, 9.17) is 11.6 Å². The zero-order chi connectivity index (χ0) is 32.6. The van der Waals surface area contributed by atoms with Gasteiger partial charge in [-0.1, -0.05) is 98.2 Å². The average molecular weight is 646 g/mol. The van der Waals surface area contributed by atoms with Crippen LogP contribution in [0, 0.1) is 19.8 Å². The van der Waals surface area contributed by atoms with Crippen LogP contribution in [-0.4, -0.2) is 44.3 Å². The van der Waals surface area contributed by atoms with Crippen molar-refractivity contribution in [3.63, 3.8) is 0 Å². The monoisotopic (exact) mass is 645 g/mol. The normalized spacial score (nSPS) is 12.0. The van der Waals surface area contributed by atoms with Gasteiger partial charge in [0.1, 0.15) is 12.6 Å². The Balaban J connectivity index is 1.82. The number of aryl methyl sites for hydroxylation is 2. The lowest BCUT2D eigenvalue weighted by Gasteiger charge is -2.34. The molecular formula is C36H40ClN3O4S. The van der Waals surface area contributed by atoms with Gasteiger partial charge >= 0.3 is 0 Å². The SMILES string of the molecule is Cc1ccc(C)c(N(CC(=O)N(Cc2ccc(Cl)cc2)C(Cc2ccccc2)C(=O)NCC(C)C)S(=O)(=O)c2ccccc2)c1.